The van der Waals surface area contributed by atoms with Crippen LogP contribution in [0.25, 0.3) is 10.9 Å². The molecule has 4 rings (SSSR count). The van der Waals surface area contributed by atoms with Gasteiger partial charge in [-0.05, 0) is 34.4 Å². The number of hydrogen-bond donors (Lipinski definition) is 2. The van der Waals surface area contributed by atoms with E-state index < -0.39 is 17.5 Å². The molecule has 30 heavy (non-hydrogen) atoms. The number of phenols is 1. The lowest BCUT2D eigenvalue weighted by molar-refractivity contribution is -0.117. The van der Waals surface area contributed by atoms with E-state index >= 15 is 0 Å². The standard InChI is InChI=1S/C21H16ClF2N3O3/c1-27-8-13-11(5-17(25)28)12-3-9(2-10-4-14(22)16(24)6-15(10)23)7-26-19(12)20(29)18(13)21(27)30/h3-4,6-7,29H,2,5,8H2,1H3,(H2,25,28). The lowest BCUT2D eigenvalue weighted by Crippen LogP contribution is -2.17. The van der Waals surface area contributed by atoms with Crippen molar-refractivity contribution in [3.63, 3.8) is 0 Å². The van der Waals surface area contributed by atoms with Crippen molar-refractivity contribution < 1.29 is 23.5 Å². The fourth-order valence-electron chi connectivity index (χ4n) is 3.80. The maximum Gasteiger partial charge on any atom is 0.258 e. The van der Waals surface area contributed by atoms with E-state index in [4.69, 9.17) is 17.3 Å². The largest absolute Gasteiger partial charge is 0.505 e. The van der Waals surface area contributed by atoms with Crippen molar-refractivity contribution >= 4 is 34.3 Å². The minimum absolute atomic E-state index is 0.0570. The Morgan fingerprint density at radius 1 is 1.30 bits per heavy atom. The predicted octanol–water partition coefficient (Wildman–Crippen LogP) is 3.08. The number of carbonyl (C=O) groups excluding carboxylic acids is 2. The SMILES string of the molecule is CN1Cc2c(c(O)c3ncc(Cc4cc(Cl)c(F)cc4F)cc3c2CC(N)=O)C1=O. The van der Waals surface area contributed by atoms with Gasteiger partial charge < -0.3 is 15.7 Å². The molecule has 0 radical (unpaired) electrons. The number of rotatable bonds is 4. The van der Waals surface area contributed by atoms with Gasteiger partial charge in [0.05, 0.1) is 17.0 Å². The summed E-state index contributed by atoms with van der Waals surface area (Å²) in [5, 5.41) is 10.9. The molecule has 0 fully saturated rings. The number of amides is 2. The van der Waals surface area contributed by atoms with E-state index in [1.165, 1.54) is 17.2 Å². The number of carbonyl (C=O) groups is 2. The Balaban J connectivity index is 1.89. The smallest absolute Gasteiger partial charge is 0.258 e. The topological polar surface area (TPSA) is 96.5 Å². The number of aromatic nitrogens is 1. The van der Waals surface area contributed by atoms with Crippen molar-refractivity contribution in [3.05, 3.63) is 68.9 Å². The number of nitrogens with two attached hydrogens (primary N) is 1. The fourth-order valence-corrected chi connectivity index (χ4v) is 3.98. The van der Waals surface area contributed by atoms with E-state index in [9.17, 15) is 23.5 Å². The van der Waals surface area contributed by atoms with Crippen molar-refractivity contribution in [2.75, 3.05) is 7.05 Å². The molecule has 0 aliphatic carbocycles. The van der Waals surface area contributed by atoms with Crippen molar-refractivity contribution in [1.82, 2.24) is 9.88 Å². The van der Waals surface area contributed by atoms with Crippen LogP contribution in [-0.2, 0) is 24.2 Å². The van der Waals surface area contributed by atoms with Gasteiger partial charge in [0.25, 0.3) is 5.91 Å². The predicted molar refractivity (Wildman–Crippen MR) is 106 cm³/mol. The number of aromatic hydroxyl groups is 1. The van der Waals surface area contributed by atoms with Crippen molar-refractivity contribution in [3.8, 4) is 5.75 Å². The molecule has 0 saturated carbocycles. The highest BCUT2D eigenvalue weighted by molar-refractivity contribution is 6.30. The lowest BCUT2D eigenvalue weighted by atomic mass is 9.93. The first-order chi connectivity index (χ1) is 14.2. The number of pyridine rings is 1. The third-order valence-corrected chi connectivity index (χ3v) is 5.48. The summed E-state index contributed by atoms with van der Waals surface area (Å²) in [5.74, 6) is -2.85. The number of benzene rings is 2. The average molecular weight is 432 g/mol. The van der Waals surface area contributed by atoms with Crippen LogP contribution in [0.2, 0.25) is 5.02 Å². The number of nitrogens with zero attached hydrogens (tertiary/aromatic N) is 2. The zero-order valence-electron chi connectivity index (χ0n) is 15.8. The molecule has 3 aromatic rings. The molecule has 1 aliphatic heterocycles. The van der Waals surface area contributed by atoms with Gasteiger partial charge in [0.15, 0.2) is 5.75 Å². The molecule has 0 spiro atoms. The van der Waals surface area contributed by atoms with Crippen LogP contribution in [-0.4, -0.2) is 33.9 Å². The van der Waals surface area contributed by atoms with Crippen LogP contribution in [0.15, 0.2) is 24.4 Å². The van der Waals surface area contributed by atoms with Crippen LogP contribution in [0.1, 0.15) is 32.6 Å². The molecule has 0 atom stereocenters. The molecule has 0 unspecified atom stereocenters. The van der Waals surface area contributed by atoms with Crippen LogP contribution in [0.3, 0.4) is 0 Å². The summed E-state index contributed by atoms with van der Waals surface area (Å²) in [4.78, 5) is 29.8. The molecular formula is C21H16ClF2N3O3. The first-order valence-corrected chi connectivity index (χ1v) is 9.37. The second kappa shape index (κ2) is 7.21. The number of phenolic OH excluding ortho intramolecular Hbond substituents is 1. The lowest BCUT2D eigenvalue weighted by Gasteiger charge is -2.14. The van der Waals surface area contributed by atoms with E-state index in [-0.39, 0.29) is 52.7 Å². The molecule has 6 nitrogen and oxygen atoms in total. The molecule has 2 aromatic carbocycles. The maximum absolute atomic E-state index is 14.1. The van der Waals surface area contributed by atoms with Crippen LogP contribution >= 0.6 is 11.6 Å². The van der Waals surface area contributed by atoms with Gasteiger partial charge in [0.1, 0.15) is 17.2 Å². The molecule has 0 saturated heterocycles. The quantitative estimate of drug-likeness (QED) is 0.620. The normalized spacial score (nSPS) is 13.2. The number of halogens is 3. The minimum Gasteiger partial charge on any atom is -0.505 e. The van der Waals surface area contributed by atoms with E-state index in [0.29, 0.717) is 28.1 Å². The summed E-state index contributed by atoms with van der Waals surface area (Å²) in [6.45, 7) is 0.215. The molecule has 2 amide bonds. The zero-order valence-corrected chi connectivity index (χ0v) is 16.6. The zero-order chi connectivity index (χ0) is 21.7. The Morgan fingerprint density at radius 3 is 2.73 bits per heavy atom. The van der Waals surface area contributed by atoms with Crippen LogP contribution in [0, 0.1) is 11.6 Å². The Kier molecular flexibility index (Phi) is 4.82. The van der Waals surface area contributed by atoms with Gasteiger partial charge in [-0.2, -0.15) is 0 Å². The van der Waals surface area contributed by atoms with E-state index in [2.05, 4.69) is 4.98 Å². The van der Waals surface area contributed by atoms with Crippen LogP contribution in [0.4, 0.5) is 8.78 Å². The van der Waals surface area contributed by atoms with Crippen molar-refractivity contribution in [2.45, 2.75) is 19.4 Å². The van der Waals surface area contributed by atoms with Gasteiger partial charge in [0, 0.05) is 37.7 Å². The van der Waals surface area contributed by atoms with Gasteiger partial charge >= 0.3 is 0 Å². The molecular weight excluding hydrogens is 416 g/mol. The maximum atomic E-state index is 14.1. The molecule has 0 bridgehead atoms. The Hall–Kier alpha value is -3.26. The van der Waals surface area contributed by atoms with Gasteiger partial charge in [-0.1, -0.05) is 11.6 Å². The van der Waals surface area contributed by atoms with E-state index in [1.807, 2.05) is 0 Å². The highest BCUT2D eigenvalue weighted by Crippen LogP contribution is 2.39. The molecule has 154 valence electrons. The summed E-state index contributed by atoms with van der Waals surface area (Å²) in [5.41, 5.74) is 7.39. The molecule has 2 heterocycles. The molecule has 3 N–H and O–H groups in total. The summed E-state index contributed by atoms with van der Waals surface area (Å²) >= 11 is 5.76. The Bertz CT molecular complexity index is 1250. The average Bonchev–Trinajstić information content (AvgIpc) is 2.98. The van der Waals surface area contributed by atoms with Gasteiger partial charge in [-0.3, -0.25) is 14.6 Å². The van der Waals surface area contributed by atoms with Crippen molar-refractivity contribution in [2.24, 2.45) is 5.73 Å². The second-order valence-corrected chi connectivity index (χ2v) is 7.67. The van der Waals surface area contributed by atoms with E-state index in [1.54, 1.807) is 13.1 Å². The number of primary amides is 1. The summed E-state index contributed by atoms with van der Waals surface area (Å²) in [7, 11) is 1.58. The number of fused-ring (bicyclic) bond motifs is 2. The van der Waals surface area contributed by atoms with Crippen molar-refractivity contribution in [1.29, 1.82) is 0 Å². The Morgan fingerprint density at radius 2 is 2.03 bits per heavy atom. The molecule has 9 heteroatoms. The fraction of sp³-hybridized carbons (Fsp3) is 0.190. The first-order valence-electron chi connectivity index (χ1n) is 8.99. The summed E-state index contributed by atoms with van der Waals surface area (Å²) < 4.78 is 27.6. The summed E-state index contributed by atoms with van der Waals surface area (Å²) in [6, 6.07) is 3.57. The minimum atomic E-state index is -0.854. The van der Waals surface area contributed by atoms with E-state index in [0.717, 1.165) is 0 Å². The third kappa shape index (κ3) is 3.23. The van der Waals surface area contributed by atoms with Crippen LogP contribution < -0.4 is 5.73 Å². The Labute approximate surface area is 174 Å². The van der Waals surface area contributed by atoms with Gasteiger partial charge in [-0.15, -0.1) is 0 Å². The highest BCUT2D eigenvalue weighted by Gasteiger charge is 2.33. The number of hydrogen-bond acceptors (Lipinski definition) is 4. The van der Waals surface area contributed by atoms with Gasteiger partial charge in [-0.25, -0.2) is 8.78 Å². The van der Waals surface area contributed by atoms with Crippen LogP contribution in [0.5, 0.6) is 5.75 Å². The third-order valence-electron chi connectivity index (χ3n) is 5.19. The highest BCUT2D eigenvalue weighted by atomic mass is 35.5. The molecule has 1 aromatic heterocycles. The summed E-state index contributed by atoms with van der Waals surface area (Å²) in [6.07, 6.45) is 1.33. The second-order valence-electron chi connectivity index (χ2n) is 7.26. The monoisotopic (exact) mass is 431 g/mol. The molecule has 1 aliphatic rings. The first kappa shape index (κ1) is 20.0. The van der Waals surface area contributed by atoms with Gasteiger partial charge in [0.2, 0.25) is 5.91 Å².